The Balaban J connectivity index is 1.81. The Morgan fingerprint density at radius 3 is 1.48 bits per heavy atom. The zero-order valence-corrected chi connectivity index (χ0v) is 25.0. The van der Waals surface area contributed by atoms with Gasteiger partial charge in [0.25, 0.3) is 0 Å². The Labute approximate surface area is 250 Å². The van der Waals surface area contributed by atoms with Crippen LogP contribution in [0.25, 0.3) is 0 Å². The van der Waals surface area contributed by atoms with Crippen LogP contribution >= 0.6 is 11.8 Å². The first-order valence-corrected chi connectivity index (χ1v) is 14.9. The number of rotatable bonds is 11. The lowest BCUT2D eigenvalue weighted by Crippen LogP contribution is -2.61. The van der Waals surface area contributed by atoms with Crippen LogP contribution in [0.4, 0.5) is 0 Å². The first-order valence-electron chi connectivity index (χ1n) is 13.9. The van der Waals surface area contributed by atoms with E-state index in [-0.39, 0.29) is 6.61 Å². The summed E-state index contributed by atoms with van der Waals surface area (Å²) < 4.78 is 30.4. The second kappa shape index (κ2) is 14.5. The Bertz CT molecular complexity index is 1220. The monoisotopic (exact) mass is 592 g/mol. The minimum Gasteiger partial charge on any atom is -0.456 e. The quantitative estimate of drug-likeness (QED) is 0.168. The number of hydrogen-bond donors (Lipinski definition) is 0. The van der Waals surface area contributed by atoms with Crippen molar-refractivity contribution in [2.45, 2.75) is 63.1 Å². The summed E-state index contributed by atoms with van der Waals surface area (Å²) in [5, 5.41) is 0. The molecule has 0 radical (unpaired) electrons. The predicted molar refractivity (Wildman–Crippen MR) is 159 cm³/mol. The first kappa shape index (κ1) is 31.3. The van der Waals surface area contributed by atoms with Crippen LogP contribution < -0.4 is 0 Å². The van der Waals surface area contributed by atoms with Gasteiger partial charge in [0.15, 0.2) is 18.3 Å². The highest BCUT2D eigenvalue weighted by atomic mass is 32.2. The summed E-state index contributed by atoms with van der Waals surface area (Å²) in [5.41, 5.74) is 0.886. The third-order valence-corrected chi connectivity index (χ3v) is 7.87. The maximum atomic E-state index is 12.3. The number of esters is 3. The summed E-state index contributed by atoms with van der Waals surface area (Å²) in [6.45, 7) is 5.67. The van der Waals surface area contributed by atoms with Crippen LogP contribution in [0.2, 0.25) is 0 Å². The largest absolute Gasteiger partial charge is 0.456 e. The molecule has 8 nitrogen and oxygen atoms in total. The van der Waals surface area contributed by atoms with E-state index in [1.807, 2.05) is 97.9 Å². The van der Waals surface area contributed by atoms with Crippen molar-refractivity contribution in [2.24, 2.45) is 0 Å². The average molecular weight is 593 g/mol. The van der Waals surface area contributed by atoms with Crippen LogP contribution in [0.5, 0.6) is 0 Å². The molecular formula is C33H36O8S. The summed E-state index contributed by atoms with van der Waals surface area (Å²) in [5.74, 6) is -1.16. The van der Waals surface area contributed by atoms with Gasteiger partial charge in [0, 0.05) is 20.8 Å². The lowest BCUT2D eigenvalue weighted by molar-refractivity contribution is -0.241. The van der Waals surface area contributed by atoms with Gasteiger partial charge in [-0.3, -0.25) is 14.4 Å². The standard InChI is InChI=1S/C33H36O8S/c1-5-42-32-31(40-24(4)36)30(39-23(3)35)29(38-22(2)34)28(41-32)21-37-33(25-15-9-6-10-16-25,26-17-11-7-12-18-26)27-19-13-8-14-20-27/h6-20,28-32H,5,21H2,1-4H3/t28-,29-,30+,31-,32+/m1/s1. The molecule has 0 aliphatic carbocycles. The van der Waals surface area contributed by atoms with Gasteiger partial charge < -0.3 is 23.7 Å². The zero-order valence-electron chi connectivity index (χ0n) is 24.1. The molecule has 0 spiro atoms. The molecule has 4 rings (SSSR count). The lowest BCUT2D eigenvalue weighted by atomic mass is 9.80. The summed E-state index contributed by atoms with van der Waals surface area (Å²) >= 11 is 1.39. The van der Waals surface area contributed by atoms with Crippen molar-refractivity contribution in [1.29, 1.82) is 0 Å². The molecule has 0 unspecified atom stereocenters. The van der Waals surface area contributed by atoms with Crippen molar-refractivity contribution in [3.05, 3.63) is 108 Å². The highest BCUT2D eigenvalue weighted by Crippen LogP contribution is 2.42. The first-order chi connectivity index (χ1) is 20.3. The highest BCUT2D eigenvalue weighted by molar-refractivity contribution is 7.99. The number of thioether (sulfide) groups is 1. The minimum atomic E-state index is -1.11. The Hall–Kier alpha value is -3.66. The minimum absolute atomic E-state index is 0.0536. The van der Waals surface area contributed by atoms with Crippen LogP contribution in [0.1, 0.15) is 44.4 Å². The summed E-state index contributed by atoms with van der Waals surface area (Å²) in [6, 6.07) is 29.5. The Morgan fingerprint density at radius 1 is 0.667 bits per heavy atom. The molecule has 1 saturated heterocycles. The molecule has 1 fully saturated rings. The van der Waals surface area contributed by atoms with E-state index in [0.29, 0.717) is 5.75 Å². The van der Waals surface area contributed by atoms with E-state index in [9.17, 15) is 14.4 Å². The van der Waals surface area contributed by atoms with Crippen LogP contribution in [0.15, 0.2) is 91.0 Å². The smallest absolute Gasteiger partial charge is 0.303 e. The van der Waals surface area contributed by atoms with Gasteiger partial charge in [0.05, 0.1) is 6.61 Å². The van der Waals surface area contributed by atoms with Crippen LogP contribution in [0, 0.1) is 0 Å². The SMILES string of the molecule is CCS[C@@H]1O[C@H](COC(c2ccccc2)(c2ccccc2)c2ccccc2)[C@@H](OC(C)=O)[C@H](OC(C)=O)[C@H]1OC(C)=O. The Kier molecular flexibility index (Phi) is 10.8. The number of ether oxygens (including phenoxy) is 5. The molecule has 0 N–H and O–H groups in total. The van der Waals surface area contributed by atoms with Crippen molar-refractivity contribution in [3.63, 3.8) is 0 Å². The number of benzene rings is 3. The zero-order chi connectivity index (χ0) is 30.1. The molecule has 3 aromatic rings. The summed E-state index contributed by atoms with van der Waals surface area (Å²) in [7, 11) is 0. The molecular weight excluding hydrogens is 556 g/mol. The van der Waals surface area contributed by atoms with Crippen LogP contribution in [0.3, 0.4) is 0 Å². The summed E-state index contributed by atoms with van der Waals surface area (Å²) in [6.07, 6.45) is -4.09. The maximum absolute atomic E-state index is 12.3. The van der Waals surface area contributed by atoms with E-state index in [0.717, 1.165) is 16.7 Å². The molecule has 0 saturated carbocycles. The molecule has 0 amide bonds. The number of carbonyl (C=O) groups excluding carboxylic acids is 3. The molecule has 5 atom stereocenters. The maximum Gasteiger partial charge on any atom is 0.303 e. The lowest BCUT2D eigenvalue weighted by Gasteiger charge is -2.45. The van der Waals surface area contributed by atoms with Crippen molar-refractivity contribution in [1.82, 2.24) is 0 Å². The van der Waals surface area contributed by atoms with Crippen molar-refractivity contribution in [3.8, 4) is 0 Å². The molecule has 222 valence electrons. The van der Waals surface area contributed by atoms with E-state index in [1.165, 1.54) is 32.5 Å². The van der Waals surface area contributed by atoms with Gasteiger partial charge in [-0.05, 0) is 22.4 Å². The average Bonchev–Trinajstić information content (AvgIpc) is 2.98. The van der Waals surface area contributed by atoms with E-state index >= 15 is 0 Å². The van der Waals surface area contributed by atoms with Crippen LogP contribution in [-0.2, 0) is 43.7 Å². The van der Waals surface area contributed by atoms with Gasteiger partial charge in [0.1, 0.15) is 17.1 Å². The van der Waals surface area contributed by atoms with Gasteiger partial charge in [-0.15, -0.1) is 11.8 Å². The molecule has 9 heteroatoms. The number of hydrogen-bond acceptors (Lipinski definition) is 9. The van der Waals surface area contributed by atoms with Gasteiger partial charge in [0.2, 0.25) is 0 Å². The fourth-order valence-corrected chi connectivity index (χ4v) is 6.21. The van der Waals surface area contributed by atoms with Crippen LogP contribution in [-0.4, -0.2) is 60.1 Å². The molecule has 0 bridgehead atoms. The topological polar surface area (TPSA) is 97.4 Å². The van der Waals surface area contributed by atoms with E-state index in [2.05, 4.69) is 0 Å². The van der Waals surface area contributed by atoms with Crippen molar-refractivity contribution >= 4 is 29.7 Å². The fraction of sp³-hybridized carbons (Fsp3) is 0.364. The molecule has 1 aliphatic heterocycles. The van der Waals surface area contributed by atoms with Gasteiger partial charge >= 0.3 is 17.9 Å². The van der Waals surface area contributed by atoms with Gasteiger partial charge in [-0.25, -0.2) is 0 Å². The number of carbonyl (C=O) groups is 3. The molecule has 3 aromatic carbocycles. The second-order valence-corrected chi connectivity index (χ2v) is 11.2. The fourth-order valence-electron chi connectivity index (χ4n) is 5.26. The van der Waals surface area contributed by atoms with Crippen molar-refractivity contribution < 1.29 is 38.1 Å². The second-order valence-electron chi connectivity index (χ2n) is 9.81. The third-order valence-electron chi connectivity index (χ3n) is 6.83. The van der Waals surface area contributed by atoms with Crippen molar-refractivity contribution in [2.75, 3.05) is 12.4 Å². The van der Waals surface area contributed by atoms with Gasteiger partial charge in [-0.2, -0.15) is 0 Å². The molecule has 1 heterocycles. The molecule has 0 aromatic heterocycles. The van der Waals surface area contributed by atoms with E-state index < -0.39 is 53.4 Å². The normalized spacial score (nSPS) is 22.1. The summed E-state index contributed by atoms with van der Waals surface area (Å²) in [4.78, 5) is 36.6. The predicted octanol–water partition coefficient (Wildman–Crippen LogP) is 5.27. The highest BCUT2D eigenvalue weighted by Gasteiger charge is 2.52. The Morgan fingerprint density at radius 2 is 1.07 bits per heavy atom. The van der Waals surface area contributed by atoms with E-state index in [1.54, 1.807) is 0 Å². The molecule has 42 heavy (non-hydrogen) atoms. The molecule has 1 aliphatic rings. The van der Waals surface area contributed by atoms with Gasteiger partial charge in [-0.1, -0.05) is 97.9 Å². The third kappa shape index (κ3) is 7.21. The van der Waals surface area contributed by atoms with E-state index in [4.69, 9.17) is 23.7 Å².